The second kappa shape index (κ2) is 9.52. The van der Waals surface area contributed by atoms with Crippen molar-refractivity contribution in [3.63, 3.8) is 0 Å². The highest BCUT2D eigenvalue weighted by Crippen LogP contribution is 2.20. The fraction of sp³-hybridized carbons (Fsp3) is 0.312. The number of hydrogen-bond acceptors (Lipinski definition) is 6. The molecule has 1 amide bonds. The number of ether oxygens (including phenoxy) is 2. The van der Waals surface area contributed by atoms with Gasteiger partial charge in [0.2, 0.25) is 0 Å². The highest BCUT2D eigenvalue weighted by Gasteiger charge is 2.15. The lowest BCUT2D eigenvalue weighted by Gasteiger charge is -2.08. The molecule has 136 valence electrons. The summed E-state index contributed by atoms with van der Waals surface area (Å²) in [5.74, 6) is -0.247. The number of sulfonamides is 1. The number of carbonyl (C=O) groups is 1. The maximum Gasteiger partial charge on any atom is 0.271 e. The molecule has 1 aromatic heterocycles. The number of benzene rings is 1. The monoisotopic (exact) mass is 384 g/mol. The number of carbonyl (C=O) groups excluding carboxylic acids is 1. The minimum Gasteiger partial charge on any atom is -0.382 e. The third-order valence-electron chi connectivity index (χ3n) is 3.12. The average molecular weight is 384 g/mol. The molecule has 0 atom stereocenters. The van der Waals surface area contributed by atoms with Gasteiger partial charge in [-0.3, -0.25) is 9.52 Å². The molecule has 0 unspecified atom stereocenters. The molecular formula is C16H20N2O5S2. The smallest absolute Gasteiger partial charge is 0.271 e. The van der Waals surface area contributed by atoms with Gasteiger partial charge in [0.15, 0.2) is 0 Å². The van der Waals surface area contributed by atoms with Crippen molar-refractivity contribution >= 4 is 33.0 Å². The van der Waals surface area contributed by atoms with E-state index in [2.05, 4.69) is 10.0 Å². The lowest BCUT2D eigenvalue weighted by atomic mass is 10.2. The molecule has 1 heterocycles. The first-order valence-electron chi connectivity index (χ1n) is 7.54. The van der Waals surface area contributed by atoms with Crippen molar-refractivity contribution < 1.29 is 22.7 Å². The summed E-state index contributed by atoms with van der Waals surface area (Å²) in [6.07, 6.45) is 0. The van der Waals surface area contributed by atoms with E-state index in [1.54, 1.807) is 42.8 Å². The van der Waals surface area contributed by atoms with Crippen LogP contribution in [0.3, 0.4) is 0 Å². The third-order valence-corrected chi connectivity index (χ3v) is 5.90. The molecule has 1 aromatic carbocycles. The van der Waals surface area contributed by atoms with Crippen LogP contribution >= 0.6 is 11.3 Å². The van der Waals surface area contributed by atoms with E-state index in [0.717, 1.165) is 11.3 Å². The van der Waals surface area contributed by atoms with Gasteiger partial charge in [0.25, 0.3) is 15.9 Å². The van der Waals surface area contributed by atoms with E-state index in [4.69, 9.17) is 9.47 Å². The minimum atomic E-state index is -3.59. The van der Waals surface area contributed by atoms with Crippen molar-refractivity contribution in [2.24, 2.45) is 0 Å². The predicted octanol–water partition coefficient (Wildman–Crippen LogP) is 1.94. The third kappa shape index (κ3) is 6.13. The molecule has 2 aromatic rings. The molecule has 0 saturated carbocycles. The summed E-state index contributed by atoms with van der Waals surface area (Å²) in [7, 11) is -1.99. The molecule has 0 fully saturated rings. The highest BCUT2D eigenvalue weighted by molar-refractivity contribution is 7.94. The van der Waals surface area contributed by atoms with Crippen molar-refractivity contribution in [3.05, 3.63) is 47.3 Å². The Morgan fingerprint density at radius 3 is 2.52 bits per heavy atom. The van der Waals surface area contributed by atoms with Crippen LogP contribution in [0, 0.1) is 0 Å². The van der Waals surface area contributed by atoms with Crippen LogP contribution in [0.2, 0.25) is 0 Å². The van der Waals surface area contributed by atoms with Crippen LogP contribution in [0.4, 0.5) is 5.69 Å². The molecule has 0 spiro atoms. The van der Waals surface area contributed by atoms with Crippen molar-refractivity contribution in [2.45, 2.75) is 4.21 Å². The first-order chi connectivity index (χ1) is 12.0. The molecule has 0 radical (unpaired) electrons. The Balaban J connectivity index is 1.84. The lowest BCUT2D eigenvalue weighted by molar-refractivity contribution is 0.0692. The summed E-state index contributed by atoms with van der Waals surface area (Å²) in [4.78, 5) is 12.0. The van der Waals surface area contributed by atoms with E-state index in [1.165, 1.54) is 6.07 Å². The van der Waals surface area contributed by atoms with Gasteiger partial charge in [-0.2, -0.15) is 0 Å². The van der Waals surface area contributed by atoms with Crippen LogP contribution in [0.15, 0.2) is 46.0 Å². The summed E-state index contributed by atoms with van der Waals surface area (Å²) in [6, 6.07) is 9.43. The van der Waals surface area contributed by atoms with Crippen LogP contribution in [0.25, 0.3) is 0 Å². The zero-order valence-electron chi connectivity index (χ0n) is 13.7. The normalized spacial score (nSPS) is 11.2. The number of thiophene rings is 1. The number of rotatable bonds is 10. The zero-order valence-corrected chi connectivity index (χ0v) is 15.4. The summed E-state index contributed by atoms with van der Waals surface area (Å²) in [5, 5.41) is 4.42. The molecule has 0 aliphatic carbocycles. The Labute approximate surface area is 151 Å². The Kier molecular flexibility index (Phi) is 7.38. The van der Waals surface area contributed by atoms with E-state index >= 15 is 0 Å². The van der Waals surface area contributed by atoms with Crippen molar-refractivity contribution in [2.75, 3.05) is 38.2 Å². The van der Waals surface area contributed by atoms with E-state index in [1.807, 2.05) is 0 Å². The van der Waals surface area contributed by atoms with Gasteiger partial charge < -0.3 is 14.8 Å². The molecule has 9 heteroatoms. The topological polar surface area (TPSA) is 93.7 Å². The summed E-state index contributed by atoms with van der Waals surface area (Å²) in [6.45, 7) is 1.77. The first-order valence-corrected chi connectivity index (χ1v) is 9.90. The quantitative estimate of drug-likeness (QED) is 0.611. The Morgan fingerprint density at radius 2 is 1.88 bits per heavy atom. The first kappa shape index (κ1) is 19.4. The Morgan fingerprint density at radius 1 is 1.12 bits per heavy atom. The van der Waals surface area contributed by atoms with Gasteiger partial charge >= 0.3 is 0 Å². The van der Waals surface area contributed by atoms with Crippen molar-refractivity contribution in [1.82, 2.24) is 5.32 Å². The molecule has 0 bridgehead atoms. The fourth-order valence-corrected chi connectivity index (χ4v) is 3.95. The van der Waals surface area contributed by atoms with Gasteiger partial charge in [-0.05, 0) is 35.7 Å². The van der Waals surface area contributed by atoms with Crippen LogP contribution in [0.5, 0.6) is 0 Å². The highest BCUT2D eigenvalue weighted by atomic mass is 32.2. The molecule has 2 rings (SSSR count). The minimum absolute atomic E-state index is 0.239. The molecular weight excluding hydrogens is 364 g/mol. The molecule has 7 nitrogen and oxygen atoms in total. The lowest BCUT2D eigenvalue weighted by Crippen LogP contribution is -2.27. The molecule has 0 saturated heterocycles. The van der Waals surface area contributed by atoms with Crippen LogP contribution < -0.4 is 10.0 Å². The number of hydrogen-bond donors (Lipinski definition) is 2. The van der Waals surface area contributed by atoms with E-state index in [0.29, 0.717) is 37.6 Å². The van der Waals surface area contributed by atoms with Gasteiger partial charge in [0.05, 0.1) is 19.8 Å². The van der Waals surface area contributed by atoms with Crippen LogP contribution in [-0.4, -0.2) is 47.8 Å². The van der Waals surface area contributed by atoms with Gasteiger partial charge in [-0.15, -0.1) is 11.3 Å². The second-order valence-electron chi connectivity index (χ2n) is 4.98. The number of anilines is 1. The fourth-order valence-electron chi connectivity index (χ4n) is 1.89. The number of methoxy groups -OCH3 is 1. The Bertz CT molecular complexity index is 758. The van der Waals surface area contributed by atoms with Crippen molar-refractivity contribution in [1.29, 1.82) is 0 Å². The van der Waals surface area contributed by atoms with Crippen LogP contribution in [-0.2, 0) is 19.5 Å². The average Bonchev–Trinajstić information content (AvgIpc) is 3.14. The number of amides is 1. The molecule has 0 aliphatic rings. The standard InChI is InChI=1S/C16H20N2O5S2/c1-22-10-11-23-9-8-17-16(19)13-4-6-14(7-5-13)18-25(20,21)15-3-2-12-24-15/h2-7,12,18H,8-11H2,1H3,(H,17,19). The summed E-state index contributed by atoms with van der Waals surface area (Å²) in [5.41, 5.74) is 0.837. The van der Waals surface area contributed by atoms with Gasteiger partial charge in [0.1, 0.15) is 4.21 Å². The second-order valence-corrected chi connectivity index (χ2v) is 7.83. The molecule has 2 N–H and O–H groups in total. The van der Waals surface area contributed by atoms with Crippen molar-refractivity contribution in [3.8, 4) is 0 Å². The number of nitrogens with one attached hydrogen (secondary N) is 2. The maximum atomic E-state index is 12.1. The SMILES string of the molecule is COCCOCCNC(=O)c1ccc(NS(=O)(=O)c2cccs2)cc1. The largest absolute Gasteiger partial charge is 0.382 e. The Hall–Kier alpha value is -1.94. The summed E-state index contributed by atoms with van der Waals surface area (Å²) < 4.78 is 37.1. The molecule has 25 heavy (non-hydrogen) atoms. The molecule has 0 aliphatic heterocycles. The summed E-state index contributed by atoms with van der Waals surface area (Å²) >= 11 is 1.14. The zero-order chi connectivity index (χ0) is 18.1. The van der Waals surface area contributed by atoms with E-state index in [9.17, 15) is 13.2 Å². The predicted molar refractivity (Wildman–Crippen MR) is 96.6 cm³/mol. The van der Waals surface area contributed by atoms with Gasteiger partial charge in [-0.25, -0.2) is 8.42 Å². The van der Waals surface area contributed by atoms with Crippen LogP contribution in [0.1, 0.15) is 10.4 Å². The van der Waals surface area contributed by atoms with E-state index < -0.39 is 10.0 Å². The maximum absolute atomic E-state index is 12.1. The van der Waals surface area contributed by atoms with E-state index in [-0.39, 0.29) is 10.1 Å². The van der Waals surface area contributed by atoms with Gasteiger partial charge in [0, 0.05) is 24.9 Å². The van der Waals surface area contributed by atoms with Gasteiger partial charge in [-0.1, -0.05) is 6.07 Å².